The number of amides is 1. The summed E-state index contributed by atoms with van der Waals surface area (Å²) in [6.07, 6.45) is 1.29. The molecule has 0 saturated carbocycles. The first-order valence-corrected chi connectivity index (χ1v) is 6.56. The third kappa shape index (κ3) is 3.95. The van der Waals surface area contributed by atoms with Gasteiger partial charge in [-0.1, -0.05) is 48.0 Å². The van der Waals surface area contributed by atoms with Gasteiger partial charge in [0.2, 0.25) is 5.91 Å². The molecule has 0 radical (unpaired) electrons. The molecule has 98 valence electrons. The van der Waals surface area contributed by atoms with Gasteiger partial charge in [-0.15, -0.1) is 0 Å². The topological polar surface area (TPSA) is 29.1 Å². The fraction of sp³-hybridized carbons (Fsp3) is 0.235. The maximum Gasteiger partial charge on any atom is 0.224 e. The van der Waals surface area contributed by atoms with Crippen LogP contribution < -0.4 is 5.32 Å². The van der Waals surface area contributed by atoms with Crippen molar-refractivity contribution in [1.82, 2.24) is 0 Å². The number of hydrogen-bond acceptors (Lipinski definition) is 1. The second kappa shape index (κ2) is 6.19. The summed E-state index contributed by atoms with van der Waals surface area (Å²) >= 11 is 0. The lowest BCUT2D eigenvalue weighted by molar-refractivity contribution is -0.116. The number of rotatable bonds is 4. The van der Waals surface area contributed by atoms with Gasteiger partial charge in [-0.25, -0.2) is 0 Å². The van der Waals surface area contributed by atoms with Crippen molar-refractivity contribution >= 4 is 11.6 Å². The van der Waals surface area contributed by atoms with Crippen molar-refractivity contribution in [3.8, 4) is 0 Å². The van der Waals surface area contributed by atoms with Crippen LogP contribution in [0.4, 0.5) is 5.69 Å². The number of benzene rings is 2. The second-order valence-corrected chi connectivity index (χ2v) is 4.85. The average Bonchev–Trinajstić information content (AvgIpc) is 2.41. The lowest BCUT2D eigenvalue weighted by Crippen LogP contribution is -2.13. The Balaban J connectivity index is 1.91. The monoisotopic (exact) mass is 253 g/mol. The zero-order chi connectivity index (χ0) is 13.7. The molecule has 0 atom stereocenters. The summed E-state index contributed by atoms with van der Waals surface area (Å²) in [5, 5.41) is 2.97. The molecule has 2 nitrogen and oxygen atoms in total. The Bertz CT molecular complexity index is 561. The van der Waals surface area contributed by atoms with E-state index in [0.29, 0.717) is 6.42 Å². The molecule has 0 aliphatic heterocycles. The van der Waals surface area contributed by atoms with Crippen LogP contribution in [0.3, 0.4) is 0 Å². The Morgan fingerprint density at radius 1 is 1.05 bits per heavy atom. The SMILES string of the molecule is Cc1ccc(NC(=O)CCc2ccccc2)c(C)c1. The Morgan fingerprint density at radius 2 is 1.79 bits per heavy atom. The van der Waals surface area contributed by atoms with Crippen LogP contribution in [0, 0.1) is 13.8 Å². The lowest BCUT2D eigenvalue weighted by atomic mass is 10.1. The molecular weight excluding hydrogens is 234 g/mol. The van der Waals surface area contributed by atoms with E-state index in [4.69, 9.17) is 0 Å². The molecular formula is C17H19NO. The van der Waals surface area contributed by atoms with Crippen molar-refractivity contribution in [3.05, 3.63) is 65.2 Å². The Hall–Kier alpha value is -2.09. The largest absolute Gasteiger partial charge is 0.326 e. The number of aryl methyl sites for hydroxylation is 3. The number of carbonyl (C=O) groups excluding carboxylic acids is 1. The minimum atomic E-state index is 0.0656. The van der Waals surface area contributed by atoms with Crippen LogP contribution in [-0.4, -0.2) is 5.91 Å². The predicted octanol–water partition coefficient (Wildman–Crippen LogP) is 3.87. The van der Waals surface area contributed by atoms with Crippen LogP contribution in [-0.2, 0) is 11.2 Å². The zero-order valence-corrected chi connectivity index (χ0v) is 11.4. The van der Waals surface area contributed by atoms with Crippen molar-refractivity contribution in [3.63, 3.8) is 0 Å². The van der Waals surface area contributed by atoms with E-state index >= 15 is 0 Å². The molecule has 2 heteroatoms. The summed E-state index contributed by atoms with van der Waals surface area (Å²) in [6.45, 7) is 4.06. The highest BCUT2D eigenvalue weighted by molar-refractivity contribution is 5.91. The quantitative estimate of drug-likeness (QED) is 0.880. The van der Waals surface area contributed by atoms with Gasteiger partial charge in [0.25, 0.3) is 0 Å². The molecule has 0 saturated heterocycles. The highest BCUT2D eigenvalue weighted by Gasteiger charge is 2.05. The molecule has 2 aromatic rings. The van der Waals surface area contributed by atoms with Crippen molar-refractivity contribution in [2.75, 3.05) is 5.32 Å². The molecule has 2 rings (SSSR count). The van der Waals surface area contributed by atoms with Crippen LogP contribution in [0.2, 0.25) is 0 Å². The Morgan fingerprint density at radius 3 is 2.47 bits per heavy atom. The van der Waals surface area contributed by atoms with Gasteiger partial charge in [-0.3, -0.25) is 4.79 Å². The molecule has 1 N–H and O–H groups in total. The molecule has 0 aromatic heterocycles. The van der Waals surface area contributed by atoms with Crippen molar-refractivity contribution in [2.24, 2.45) is 0 Å². The van der Waals surface area contributed by atoms with E-state index in [1.54, 1.807) is 0 Å². The second-order valence-electron chi connectivity index (χ2n) is 4.85. The van der Waals surface area contributed by atoms with Gasteiger partial charge in [0, 0.05) is 12.1 Å². The number of hydrogen-bond donors (Lipinski definition) is 1. The summed E-state index contributed by atoms with van der Waals surface area (Å²) in [4.78, 5) is 11.9. The van der Waals surface area contributed by atoms with Gasteiger partial charge in [-0.2, -0.15) is 0 Å². The molecule has 0 bridgehead atoms. The first kappa shape index (κ1) is 13.3. The van der Waals surface area contributed by atoms with Crippen molar-refractivity contribution in [2.45, 2.75) is 26.7 Å². The van der Waals surface area contributed by atoms with Gasteiger partial charge < -0.3 is 5.32 Å². The highest BCUT2D eigenvalue weighted by Crippen LogP contribution is 2.16. The van der Waals surface area contributed by atoms with Gasteiger partial charge in [0.05, 0.1) is 0 Å². The zero-order valence-electron chi connectivity index (χ0n) is 11.4. The van der Waals surface area contributed by atoms with Crippen molar-refractivity contribution in [1.29, 1.82) is 0 Å². The average molecular weight is 253 g/mol. The molecule has 1 amide bonds. The lowest BCUT2D eigenvalue weighted by Gasteiger charge is -2.09. The van der Waals surface area contributed by atoms with E-state index in [-0.39, 0.29) is 5.91 Å². The molecule has 2 aromatic carbocycles. The van der Waals surface area contributed by atoms with E-state index in [0.717, 1.165) is 17.7 Å². The van der Waals surface area contributed by atoms with Crippen molar-refractivity contribution < 1.29 is 4.79 Å². The number of nitrogens with one attached hydrogen (secondary N) is 1. The number of carbonyl (C=O) groups is 1. The van der Waals surface area contributed by atoms with Crippen LogP contribution in [0.25, 0.3) is 0 Å². The fourth-order valence-electron chi connectivity index (χ4n) is 2.07. The summed E-state index contributed by atoms with van der Waals surface area (Å²) < 4.78 is 0. The first-order valence-electron chi connectivity index (χ1n) is 6.56. The Kier molecular flexibility index (Phi) is 4.35. The highest BCUT2D eigenvalue weighted by atomic mass is 16.1. The summed E-state index contributed by atoms with van der Waals surface area (Å²) in [7, 11) is 0. The van der Waals surface area contributed by atoms with Crippen LogP contribution in [0.1, 0.15) is 23.1 Å². The van der Waals surface area contributed by atoms with Crippen LogP contribution in [0.5, 0.6) is 0 Å². The summed E-state index contributed by atoms with van der Waals surface area (Å²) in [5.41, 5.74) is 4.41. The molecule has 0 aliphatic carbocycles. The molecule has 0 aliphatic rings. The van der Waals surface area contributed by atoms with Crippen LogP contribution >= 0.6 is 0 Å². The maximum atomic E-state index is 11.9. The predicted molar refractivity (Wildman–Crippen MR) is 79.3 cm³/mol. The van der Waals surface area contributed by atoms with E-state index in [1.165, 1.54) is 11.1 Å². The van der Waals surface area contributed by atoms with Gasteiger partial charge in [0.1, 0.15) is 0 Å². The van der Waals surface area contributed by atoms with Crippen LogP contribution in [0.15, 0.2) is 48.5 Å². The normalized spacial score (nSPS) is 10.2. The molecule has 0 spiro atoms. The molecule has 19 heavy (non-hydrogen) atoms. The standard InChI is InChI=1S/C17H19NO/c1-13-8-10-16(14(2)12-13)18-17(19)11-9-15-6-4-3-5-7-15/h3-8,10,12H,9,11H2,1-2H3,(H,18,19). The molecule has 0 unspecified atom stereocenters. The third-order valence-corrected chi connectivity index (χ3v) is 3.14. The smallest absolute Gasteiger partial charge is 0.224 e. The third-order valence-electron chi connectivity index (χ3n) is 3.14. The minimum Gasteiger partial charge on any atom is -0.326 e. The Labute approximate surface area is 114 Å². The minimum absolute atomic E-state index is 0.0656. The molecule has 0 heterocycles. The first-order chi connectivity index (χ1) is 9.15. The van der Waals surface area contributed by atoms with Gasteiger partial charge in [-0.05, 0) is 37.5 Å². The van der Waals surface area contributed by atoms with E-state index in [9.17, 15) is 4.79 Å². The summed E-state index contributed by atoms with van der Waals surface area (Å²) in [6, 6.07) is 16.1. The van der Waals surface area contributed by atoms with Gasteiger partial charge in [0.15, 0.2) is 0 Å². The van der Waals surface area contributed by atoms with Gasteiger partial charge >= 0.3 is 0 Å². The van der Waals surface area contributed by atoms with E-state index in [1.807, 2.05) is 56.3 Å². The molecule has 0 fully saturated rings. The maximum absolute atomic E-state index is 11.9. The van der Waals surface area contributed by atoms with E-state index in [2.05, 4.69) is 11.4 Å². The summed E-state index contributed by atoms with van der Waals surface area (Å²) in [5.74, 6) is 0.0656. The van der Waals surface area contributed by atoms with E-state index < -0.39 is 0 Å². The number of anilines is 1. The fourth-order valence-corrected chi connectivity index (χ4v) is 2.07.